The van der Waals surface area contributed by atoms with E-state index in [9.17, 15) is 14.4 Å². The van der Waals surface area contributed by atoms with Crippen molar-refractivity contribution in [2.24, 2.45) is 5.92 Å². The minimum Gasteiger partial charge on any atom is -0.482 e. The topological polar surface area (TPSA) is 82.1 Å². The molecule has 2 rings (SSSR count). The fourth-order valence-corrected chi connectivity index (χ4v) is 2.94. The second-order valence-corrected chi connectivity index (χ2v) is 6.98. The molecule has 1 aliphatic rings. The van der Waals surface area contributed by atoms with Crippen LogP contribution in [-0.2, 0) is 23.9 Å². The van der Waals surface area contributed by atoms with Gasteiger partial charge in [0.15, 0.2) is 6.61 Å². The highest BCUT2D eigenvalue weighted by molar-refractivity contribution is 6.16. The fraction of sp³-hybridized carbons (Fsp3) is 0.409. The van der Waals surface area contributed by atoms with Crippen LogP contribution in [-0.4, -0.2) is 49.6 Å². The van der Waals surface area contributed by atoms with Crippen molar-refractivity contribution in [1.29, 1.82) is 0 Å². The number of methoxy groups -OCH3 is 1. The smallest absolute Gasteiger partial charge is 0.343 e. The second-order valence-electron chi connectivity index (χ2n) is 6.98. The third kappa shape index (κ3) is 5.47. The van der Waals surface area contributed by atoms with E-state index in [1.54, 1.807) is 49.1 Å². The number of esters is 2. The predicted molar refractivity (Wildman–Crippen MR) is 108 cm³/mol. The van der Waals surface area contributed by atoms with Crippen molar-refractivity contribution < 1.29 is 28.6 Å². The van der Waals surface area contributed by atoms with Gasteiger partial charge in [0, 0.05) is 12.2 Å². The standard InChI is InChI=1S/C22H27NO6/c1-6-28-22(26)20-15(4)23(12-14(2)3)21(25)18(20)11-16-7-9-17(10-8-16)29-13-19(24)27-5/h7-11,14H,6,12-13H2,1-5H3/b18-11-. The van der Waals surface area contributed by atoms with E-state index in [1.165, 1.54) is 7.11 Å². The number of hydrogen-bond acceptors (Lipinski definition) is 6. The summed E-state index contributed by atoms with van der Waals surface area (Å²) in [6.45, 7) is 8.08. The molecule has 7 nitrogen and oxygen atoms in total. The molecular weight excluding hydrogens is 374 g/mol. The quantitative estimate of drug-likeness (QED) is 0.492. The molecule has 0 atom stereocenters. The summed E-state index contributed by atoms with van der Waals surface area (Å²) >= 11 is 0. The predicted octanol–water partition coefficient (Wildman–Crippen LogP) is 2.96. The summed E-state index contributed by atoms with van der Waals surface area (Å²) in [6, 6.07) is 6.86. The van der Waals surface area contributed by atoms with Gasteiger partial charge >= 0.3 is 11.9 Å². The Balaban J connectivity index is 2.31. The van der Waals surface area contributed by atoms with Crippen molar-refractivity contribution >= 4 is 23.9 Å². The van der Waals surface area contributed by atoms with Crippen LogP contribution in [0.5, 0.6) is 5.75 Å². The van der Waals surface area contributed by atoms with Crippen LogP contribution >= 0.6 is 0 Å². The molecule has 0 aliphatic carbocycles. The molecule has 0 radical (unpaired) electrons. The first-order chi connectivity index (χ1) is 13.8. The Hall–Kier alpha value is -3.09. The van der Waals surface area contributed by atoms with Gasteiger partial charge in [-0.15, -0.1) is 0 Å². The lowest BCUT2D eigenvalue weighted by atomic mass is 10.0. The highest BCUT2D eigenvalue weighted by atomic mass is 16.6. The van der Waals surface area contributed by atoms with Crippen molar-refractivity contribution in [2.75, 3.05) is 26.9 Å². The molecule has 0 spiro atoms. The van der Waals surface area contributed by atoms with Gasteiger partial charge in [-0.1, -0.05) is 26.0 Å². The maximum absolute atomic E-state index is 13.0. The van der Waals surface area contributed by atoms with Crippen LogP contribution in [0.15, 0.2) is 41.1 Å². The first kappa shape index (κ1) is 22.2. The summed E-state index contributed by atoms with van der Waals surface area (Å²) in [7, 11) is 1.29. The van der Waals surface area contributed by atoms with E-state index in [2.05, 4.69) is 4.74 Å². The highest BCUT2D eigenvalue weighted by Crippen LogP contribution is 2.32. The van der Waals surface area contributed by atoms with Gasteiger partial charge in [0.05, 0.1) is 24.9 Å². The molecule has 0 fully saturated rings. The zero-order chi connectivity index (χ0) is 21.6. The van der Waals surface area contributed by atoms with Crippen LogP contribution in [0.4, 0.5) is 0 Å². The SMILES string of the molecule is CCOC(=O)C1=C(C)N(CC(C)C)C(=O)/C1=C\c1ccc(OCC(=O)OC)cc1. The first-order valence-corrected chi connectivity index (χ1v) is 9.50. The maximum atomic E-state index is 13.0. The highest BCUT2D eigenvalue weighted by Gasteiger charge is 2.37. The molecule has 1 heterocycles. The number of rotatable bonds is 8. The third-order valence-corrected chi connectivity index (χ3v) is 4.31. The van der Waals surface area contributed by atoms with Gasteiger partial charge in [-0.3, -0.25) is 4.79 Å². The molecule has 0 saturated carbocycles. The van der Waals surface area contributed by atoms with Crippen molar-refractivity contribution in [3.63, 3.8) is 0 Å². The monoisotopic (exact) mass is 401 g/mol. The van der Waals surface area contributed by atoms with E-state index < -0.39 is 11.9 Å². The Morgan fingerprint density at radius 2 is 1.83 bits per heavy atom. The Kier molecular flexibility index (Phi) is 7.59. The molecule has 0 saturated heterocycles. The molecule has 1 aromatic carbocycles. The molecular formula is C22H27NO6. The minimum absolute atomic E-state index is 0.186. The molecule has 1 aromatic rings. The van der Waals surface area contributed by atoms with E-state index in [-0.39, 0.29) is 25.0 Å². The van der Waals surface area contributed by atoms with Crippen LogP contribution in [0, 0.1) is 5.92 Å². The number of carbonyl (C=O) groups excluding carboxylic acids is 3. The summed E-state index contributed by atoms with van der Waals surface area (Å²) in [5.41, 5.74) is 1.93. The minimum atomic E-state index is -0.506. The number of benzene rings is 1. The summed E-state index contributed by atoms with van der Waals surface area (Å²) < 4.78 is 15.0. The lowest BCUT2D eigenvalue weighted by molar-refractivity contribution is -0.143. The molecule has 0 aromatic heterocycles. The molecule has 0 bridgehead atoms. The van der Waals surface area contributed by atoms with Gasteiger partial charge < -0.3 is 19.1 Å². The van der Waals surface area contributed by atoms with E-state index >= 15 is 0 Å². The lowest BCUT2D eigenvalue weighted by Gasteiger charge is -2.19. The van der Waals surface area contributed by atoms with E-state index in [0.717, 1.165) is 5.56 Å². The molecule has 1 aliphatic heterocycles. The van der Waals surface area contributed by atoms with Gasteiger partial charge in [0.1, 0.15) is 5.75 Å². The van der Waals surface area contributed by atoms with Gasteiger partial charge in [-0.05, 0) is 43.5 Å². The number of nitrogens with zero attached hydrogens (tertiary/aromatic N) is 1. The average molecular weight is 401 g/mol. The van der Waals surface area contributed by atoms with E-state index in [0.29, 0.717) is 29.1 Å². The van der Waals surface area contributed by atoms with Gasteiger partial charge in [0.2, 0.25) is 0 Å². The van der Waals surface area contributed by atoms with Crippen LogP contribution in [0.2, 0.25) is 0 Å². The largest absolute Gasteiger partial charge is 0.482 e. The zero-order valence-corrected chi connectivity index (χ0v) is 17.5. The number of hydrogen-bond donors (Lipinski definition) is 0. The number of carbonyl (C=O) groups is 3. The van der Waals surface area contributed by atoms with Crippen LogP contribution in [0.25, 0.3) is 6.08 Å². The van der Waals surface area contributed by atoms with E-state index in [1.807, 2.05) is 13.8 Å². The average Bonchev–Trinajstić information content (AvgIpc) is 2.91. The second kappa shape index (κ2) is 9.91. The van der Waals surface area contributed by atoms with Crippen molar-refractivity contribution in [2.45, 2.75) is 27.7 Å². The van der Waals surface area contributed by atoms with Crippen molar-refractivity contribution in [3.05, 3.63) is 46.7 Å². The molecule has 1 amide bonds. The van der Waals surface area contributed by atoms with E-state index in [4.69, 9.17) is 9.47 Å². The summed E-state index contributed by atoms with van der Waals surface area (Å²) in [4.78, 5) is 38.3. The molecule has 0 N–H and O–H groups in total. The summed E-state index contributed by atoms with van der Waals surface area (Å²) in [5, 5.41) is 0. The van der Waals surface area contributed by atoms with Crippen molar-refractivity contribution in [3.8, 4) is 5.75 Å². The number of ether oxygens (including phenoxy) is 3. The third-order valence-electron chi connectivity index (χ3n) is 4.31. The van der Waals surface area contributed by atoms with Crippen LogP contribution in [0.3, 0.4) is 0 Å². The number of allylic oxidation sites excluding steroid dienone is 1. The summed E-state index contributed by atoms with van der Waals surface area (Å²) in [5.74, 6) is -0.450. The van der Waals surface area contributed by atoms with Crippen LogP contribution < -0.4 is 4.74 Å². The van der Waals surface area contributed by atoms with Gasteiger partial charge in [-0.2, -0.15) is 0 Å². The Bertz CT molecular complexity index is 835. The van der Waals surface area contributed by atoms with Gasteiger partial charge in [-0.25, -0.2) is 9.59 Å². The lowest BCUT2D eigenvalue weighted by Crippen LogP contribution is -2.28. The van der Waals surface area contributed by atoms with Gasteiger partial charge in [0.25, 0.3) is 5.91 Å². The Morgan fingerprint density at radius 3 is 2.38 bits per heavy atom. The maximum Gasteiger partial charge on any atom is 0.343 e. The fourth-order valence-electron chi connectivity index (χ4n) is 2.94. The molecule has 7 heteroatoms. The normalized spacial score (nSPS) is 15.3. The van der Waals surface area contributed by atoms with Crippen LogP contribution in [0.1, 0.15) is 33.3 Å². The zero-order valence-electron chi connectivity index (χ0n) is 17.5. The summed E-state index contributed by atoms with van der Waals surface area (Å²) in [6.07, 6.45) is 1.67. The molecule has 29 heavy (non-hydrogen) atoms. The van der Waals surface area contributed by atoms with Crippen molar-refractivity contribution in [1.82, 2.24) is 4.90 Å². The first-order valence-electron chi connectivity index (χ1n) is 9.50. The Morgan fingerprint density at radius 1 is 1.17 bits per heavy atom. The Labute approximate surface area is 170 Å². The molecule has 0 unspecified atom stereocenters. The molecule has 156 valence electrons. The number of amides is 1.